The summed E-state index contributed by atoms with van der Waals surface area (Å²) >= 11 is 0. The van der Waals surface area contributed by atoms with Crippen molar-refractivity contribution in [3.05, 3.63) is 48.5 Å². The molecule has 1 aliphatic carbocycles. The zero-order chi connectivity index (χ0) is 18.6. The molecule has 0 radical (unpaired) electrons. The van der Waals surface area contributed by atoms with Gasteiger partial charge in [-0.1, -0.05) is 12.1 Å². The quantitative estimate of drug-likeness (QED) is 0.747. The molecule has 2 aromatic rings. The van der Waals surface area contributed by atoms with Gasteiger partial charge in [0.2, 0.25) is 11.8 Å². The lowest BCUT2D eigenvalue weighted by Crippen LogP contribution is -2.35. The van der Waals surface area contributed by atoms with E-state index in [1.807, 2.05) is 19.1 Å². The van der Waals surface area contributed by atoms with Crippen molar-refractivity contribution in [2.24, 2.45) is 5.41 Å². The van der Waals surface area contributed by atoms with Crippen molar-refractivity contribution in [1.29, 1.82) is 0 Å². The van der Waals surface area contributed by atoms with E-state index >= 15 is 0 Å². The Balaban J connectivity index is 1.69. The molecular weight excluding hydrogens is 332 g/mol. The van der Waals surface area contributed by atoms with Crippen molar-refractivity contribution in [3.8, 4) is 11.5 Å². The lowest BCUT2D eigenvalue weighted by atomic mass is 10.0. The number of rotatable bonds is 7. The smallest absolute Gasteiger partial charge is 0.240 e. The Kier molecular flexibility index (Phi) is 5.11. The van der Waals surface area contributed by atoms with Crippen LogP contribution in [0.15, 0.2) is 48.5 Å². The third-order valence-electron chi connectivity index (χ3n) is 4.40. The van der Waals surface area contributed by atoms with E-state index in [0.29, 0.717) is 42.3 Å². The molecule has 0 atom stereocenters. The van der Waals surface area contributed by atoms with Crippen molar-refractivity contribution in [3.63, 3.8) is 0 Å². The normalized spacial score (nSPS) is 14.2. The van der Waals surface area contributed by atoms with E-state index in [-0.39, 0.29) is 11.8 Å². The van der Waals surface area contributed by atoms with Gasteiger partial charge in [-0.3, -0.25) is 9.59 Å². The zero-order valence-electron chi connectivity index (χ0n) is 14.9. The van der Waals surface area contributed by atoms with Gasteiger partial charge in [-0.05, 0) is 56.2 Å². The predicted octanol–water partition coefficient (Wildman–Crippen LogP) is 3.45. The summed E-state index contributed by atoms with van der Waals surface area (Å²) in [6.07, 6.45) is 1.05. The maximum Gasteiger partial charge on any atom is 0.240 e. The summed E-state index contributed by atoms with van der Waals surface area (Å²) in [6, 6.07) is 14.2. The minimum absolute atomic E-state index is 0.297. The largest absolute Gasteiger partial charge is 0.497 e. The number of benzene rings is 2. The monoisotopic (exact) mass is 354 g/mol. The fraction of sp³-hybridized carbons (Fsp3) is 0.300. The molecule has 0 unspecified atom stereocenters. The molecule has 0 bridgehead atoms. The number of methoxy groups -OCH3 is 1. The molecule has 26 heavy (non-hydrogen) atoms. The Morgan fingerprint density at radius 2 is 1.65 bits per heavy atom. The molecule has 0 aliphatic heterocycles. The first-order valence-corrected chi connectivity index (χ1v) is 8.58. The average molecular weight is 354 g/mol. The summed E-state index contributed by atoms with van der Waals surface area (Å²) < 4.78 is 10.6. The van der Waals surface area contributed by atoms with Gasteiger partial charge in [0.05, 0.1) is 19.4 Å². The first-order chi connectivity index (χ1) is 12.6. The van der Waals surface area contributed by atoms with Crippen LogP contribution in [-0.2, 0) is 9.59 Å². The third kappa shape index (κ3) is 3.64. The van der Waals surface area contributed by atoms with Gasteiger partial charge in [-0.25, -0.2) is 0 Å². The predicted molar refractivity (Wildman–Crippen MR) is 99.5 cm³/mol. The van der Waals surface area contributed by atoms with E-state index in [9.17, 15) is 9.59 Å². The van der Waals surface area contributed by atoms with Gasteiger partial charge in [-0.2, -0.15) is 0 Å². The number of amides is 2. The van der Waals surface area contributed by atoms with Crippen LogP contribution in [0, 0.1) is 5.41 Å². The topological polar surface area (TPSA) is 76.7 Å². The first-order valence-electron chi connectivity index (χ1n) is 8.58. The number of hydrogen-bond acceptors (Lipinski definition) is 4. The fourth-order valence-electron chi connectivity index (χ4n) is 2.70. The second-order valence-corrected chi connectivity index (χ2v) is 6.15. The van der Waals surface area contributed by atoms with Gasteiger partial charge in [-0.15, -0.1) is 0 Å². The molecule has 1 saturated carbocycles. The fourth-order valence-corrected chi connectivity index (χ4v) is 2.70. The zero-order valence-corrected chi connectivity index (χ0v) is 14.9. The van der Waals surface area contributed by atoms with Gasteiger partial charge in [0, 0.05) is 5.69 Å². The molecule has 2 N–H and O–H groups in total. The highest BCUT2D eigenvalue weighted by molar-refractivity contribution is 6.17. The molecule has 136 valence electrons. The second-order valence-electron chi connectivity index (χ2n) is 6.15. The molecule has 2 amide bonds. The van der Waals surface area contributed by atoms with Gasteiger partial charge < -0.3 is 20.1 Å². The molecule has 1 aliphatic rings. The molecule has 0 saturated heterocycles. The number of hydrogen-bond donors (Lipinski definition) is 2. The highest BCUT2D eigenvalue weighted by atomic mass is 16.5. The summed E-state index contributed by atoms with van der Waals surface area (Å²) in [5.74, 6) is 0.689. The molecule has 6 heteroatoms. The van der Waals surface area contributed by atoms with Crippen LogP contribution in [0.25, 0.3) is 0 Å². The summed E-state index contributed by atoms with van der Waals surface area (Å²) in [4.78, 5) is 25.4. The lowest BCUT2D eigenvalue weighted by molar-refractivity contribution is -0.131. The van der Waals surface area contributed by atoms with Crippen LogP contribution in [0.3, 0.4) is 0 Å². The van der Waals surface area contributed by atoms with Crippen LogP contribution < -0.4 is 20.1 Å². The average Bonchev–Trinajstić information content (AvgIpc) is 3.46. The molecule has 1 fully saturated rings. The number of anilines is 2. The van der Waals surface area contributed by atoms with Crippen molar-refractivity contribution in [2.75, 3.05) is 24.4 Å². The first kappa shape index (κ1) is 17.8. The Bertz CT molecular complexity index is 798. The van der Waals surface area contributed by atoms with Crippen LogP contribution in [-0.4, -0.2) is 25.5 Å². The van der Waals surface area contributed by atoms with E-state index < -0.39 is 5.41 Å². The maximum atomic E-state index is 12.7. The number of ether oxygens (including phenoxy) is 2. The molecule has 0 heterocycles. The number of carbonyl (C=O) groups is 2. The Morgan fingerprint density at radius 1 is 1.00 bits per heavy atom. The standard InChI is InChI=1S/C20H22N2O4/c1-3-26-17-7-5-4-6-16(17)22-19(24)20(12-13-20)18(23)21-14-8-10-15(25-2)11-9-14/h4-11H,3,12-13H2,1-2H3,(H,21,23)(H,22,24). The van der Waals surface area contributed by atoms with Crippen LogP contribution in [0.5, 0.6) is 11.5 Å². The lowest BCUT2D eigenvalue weighted by Gasteiger charge is -2.17. The molecule has 2 aromatic carbocycles. The van der Waals surface area contributed by atoms with E-state index in [4.69, 9.17) is 9.47 Å². The van der Waals surface area contributed by atoms with Crippen LogP contribution in [0.2, 0.25) is 0 Å². The summed E-state index contributed by atoms with van der Waals surface area (Å²) in [5.41, 5.74) is 0.173. The van der Waals surface area contributed by atoms with Crippen LogP contribution >= 0.6 is 0 Å². The van der Waals surface area contributed by atoms with Crippen molar-refractivity contribution in [1.82, 2.24) is 0 Å². The van der Waals surface area contributed by atoms with Gasteiger partial charge in [0.15, 0.2) is 0 Å². The Hall–Kier alpha value is -3.02. The highest BCUT2D eigenvalue weighted by Gasteiger charge is 2.56. The Labute approximate surface area is 152 Å². The number of para-hydroxylation sites is 2. The van der Waals surface area contributed by atoms with Crippen molar-refractivity contribution in [2.45, 2.75) is 19.8 Å². The summed E-state index contributed by atoms with van der Waals surface area (Å²) in [6.45, 7) is 2.37. The van der Waals surface area contributed by atoms with Gasteiger partial charge in [0.1, 0.15) is 16.9 Å². The minimum atomic E-state index is -1.03. The SMILES string of the molecule is CCOc1ccccc1NC(=O)C1(C(=O)Nc2ccc(OC)cc2)CC1. The molecule has 6 nitrogen and oxygen atoms in total. The van der Waals surface area contributed by atoms with E-state index in [1.165, 1.54) is 0 Å². The summed E-state index contributed by atoms with van der Waals surface area (Å²) in [5, 5.41) is 5.65. The third-order valence-corrected chi connectivity index (χ3v) is 4.40. The number of carbonyl (C=O) groups excluding carboxylic acids is 2. The second kappa shape index (κ2) is 7.47. The molecule has 0 aromatic heterocycles. The Morgan fingerprint density at radius 3 is 2.27 bits per heavy atom. The van der Waals surface area contributed by atoms with Crippen molar-refractivity contribution < 1.29 is 19.1 Å². The van der Waals surface area contributed by atoms with Gasteiger partial charge in [0.25, 0.3) is 0 Å². The number of nitrogens with one attached hydrogen (secondary N) is 2. The molecule has 3 rings (SSSR count). The van der Waals surface area contributed by atoms with E-state index in [0.717, 1.165) is 0 Å². The van der Waals surface area contributed by atoms with E-state index in [1.54, 1.807) is 43.5 Å². The maximum absolute atomic E-state index is 12.7. The minimum Gasteiger partial charge on any atom is -0.497 e. The van der Waals surface area contributed by atoms with Crippen molar-refractivity contribution >= 4 is 23.2 Å². The summed E-state index contributed by atoms with van der Waals surface area (Å²) in [7, 11) is 1.58. The van der Waals surface area contributed by atoms with Gasteiger partial charge >= 0.3 is 0 Å². The highest BCUT2D eigenvalue weighted by Crippen LogP contribution is 2.48. The van der Waals surface area contributed by atoms with Crippen LogP contribution in [0.4, 0.5) is 11.4 Å². The van der Waals surface area contributed by atoms with E-state index in [2.05, 4.69) is 10.6 Å². The molecule has 0 spiro atoms. The van der Waals surface area contributed by atoms with Crippen LogP contribution in [0.1, 0.15) is 19.8 Å². The molecular formula is C20H22N2O4.